The number of nitrogens with one attached hydrogen (secondary N) is 2. The topological polar surface area (TPSA) is 170 Å². The van der Waals surface area contributed by atoms with E-state index in [4.69, 9.17) is 15.5 Å². The summed E-state index contributed by atoms with van der Waals surface area (Å²) in [6.07, 6.45) is 7.20. The molecule has 13 nitrogen and oxygen atoms in total. The van der Waals surface area contributed by atoms with Crippen molar-refractivity contribution in [3.8, 4) is 0 Å². The van der Waals surface area contributed by atoms with E-state index in [1.54, 1.807) is 25.3 Å². The number of carboxylic acid groups (broad SMARTS) is 1. The highest BCUT2D eigenvalue weighted by Crippen LogP contribution is 2.32. The summed E-state index contributed by atoms with van der Waals surface area (Å²) in [6, 6.07) is 2.78. The zero-order chi connectivity index (χ0) is 43.2. The maximum Gasteiger partial charge on any atom is 0.309 e. The maximum atomic E-state index is 14.8. The Morgan fingerprint density at radius 1 is 1.16 bits per heavy atom. The summed E-state index contributed by atoms with van der Waals surface area (Å²) in [5.74, 6) is -2.26. The number of rotatable bonds is 25. The first-order valence-electron chi connectivity index (χ1n) is 21.3. The molecule has 3 rings (SSSR count). The fourth-order valence-corrected chi connectivity index (χ4v) is 8.50. The van der Waals surface area contributed by atoms with Crippen molar-refractivity contribution in [2.24, 2.45) is 17.3 Å². The lowest BCUT2D eigenvalue weighted by Gasteiger charge is -2.39. The summed E-state index contributed by atoms with van der Waals surface area (Å²) in [6.45, 7) is 17.2. The molecule has 2 amide bonds. The Balaban J connectivity index is 1.91. The molecule has 58 heavy (non-hydrogen) atoms. The number of ether oxygens (including phenoxy) is 1. The standard InChI is InChI=1S/C43H70FN7O6S/c1-10-13-14-16-22-50(41(53)38(29(6)11-2)48-51(56)37-18-15-17-21-49(37)9)35(28(4)5)25-36(57-12-3)40-47-34(27-58-40)39(52)46-31(26-43(7,8)42(54)55)23-30-19-20-33(45)32(44)24-30/h19-20,24,27-29,31,35-38H,10-18,21-23,25-26,45H2,1-9H3,(H2-,46,48,52,54,55,56)/p+1/t29-,31-,35+,36+,37-,38-/m0/s1. The van der Waals surface area contributed by atoms with Gasteiger partial charge in [-0.25, -0.2) is 14.3 Å². The molecule has 0 spiro atoms. The number of nitrogen functional groups attached to an aromatic ring is 1. The van der Waals surface area contributed by atoms with Crippen LogP contribution in [-0.2, 0) is 20.7 Å². The number of thiazole rings is 1. The first-order valence-corrected chi connectivity index (χ1v) is 22.2. The average Bonchev–Trinajstić information content (AvgIpc) is 3.67. The van der Waals surface area contributed by atoms with Crippen molar-refractivity contribution in [1.82, 2.24) is 25.5 Å². The number of benzene rings is 1. The molecule has 0 bridgehead atoms. The van der Waals surface area contributed by atoms with Crippen LogP contribution in [0.15, 0.2) is 23.6 Å². The number of carbonyl (C=O) groups is 3. The van der Waals surface area contributed by atoms with E-state index in [9.17, 15) is 28.8 Å². The number of carboxylic acids is 1. The van der Waals surface area contributed by atoms with Gasteiger partial charge in [0.05, 0.1) is 16.0 Å². The summed E-state index contributed by atoms with van der Waals surface area (Å²) in [5.41, 5.74) is 8.35. The van der Waals surface area contributed by atoms with Crippen molar-refractivity contribution in [3.05, 3.63) is 50.6 Å². The predicted molar refractivity (Wildman–Crippen MR) is 228 cm³/mol. The van der Waals surface area contributed by atoms with Gasteiger partial charge < -0.3 is 25.8 Å². The van der Waals surface area contributed by atoms with E-state index < -0.39 is 41.3 Å². The molecule has 1 aliphatic heterocycles. The first kappa shape index (κ1) is 48.7. The van der Waals surface area contributed by atoms with E-state index in [0.717, 1.165) is 56.4 Å². The zero-order valence-corrected chi connectivity index (χ0v) is 37.2. The number of hydrazine groups is 1. The largest absolute Gasteiger partial charge is 0.481 e. The third kappa shape index (κ3) is 14.0. The van der Waals surface area contributed by atoms with Crippen LogP contribution in [0.3, 0.4) is 0 Å². The minimum Gasteiger partial charge on any atom is -0.481 e. The lowest BCUT2D eigenvalue weighted by Crippen LogP contribution is -2.59. The van der Waals surface area contributed by atoms with Gasteiger partial charge in [0.1, 0.15) is 27.5 Å². The Morgan fingerprint density at radius 3 is 2.48 bits per heavy atom. The Hall–Kier alpha value is -3.69. The van der Waals surface area contributed by atoms with Gasteiger partial charge in [0, 0.05) is 50.0 Å². The second-order valence-corrected chi connectivity index (χ2v) is 17.9. The third-order valence-electron chi connectivity index (χ3n) is 11.5. The van der Waals surface area contributed by atoms with Crippen LogP contribution >= 0.6 is 11.3 Å². The minimum absolute atomic E-state index is 0.00143. The monoisotopic (exact) mass is 833 g/mol. The molecule has 1 aromatic carbocycles. The molecular formula is C43H71FN7O6S+. The summed E-state index contributed by atoms with van der Waals surface area (Å²) in [7, 11) is 1.95. The van der Waals surface area contributed by atoms with Gasteiger partial charge in [0.25, 0.3) is 18.0 Å². The van der Waals surface area contributed by atoms with Crippen LogP contribution in [0.1, 0.15) is 147 Å². The van der Waals surface area contributed by atoms with Gasteiger partial charge in [-0.05, 0) is 89.5 Å². The lowest BCUT2D eigenvalue weighted by atomic mass is 9.84. The van der Waals surface area contributed by atoms with Crippen LogP contribution in [-0.4, -0.2) is 93.6 Å². The number of halogens is 1. The average molecular weight is 833 g/mol. The summed E-state index contributed by atoms with van der Waals surface area (Å²) in [4.78, 5) is 64.0. The Bertz CT molecular complexity index is 1640. The van der Waals surface area contributed by atoms with Crippen LogP contribution in [0.2, 0.25) is 0 Å². The number of nitroso groups, excluding NO2 is 1. The number of hydrogen-bond acceptors (Lipinski definition) is 9. The summed E-state index contributed by atoms with van der Waals surface area (Å²) >= 11 is 1.29. The molecule has 15 heteroatoms. The molecule has 5 N–H and O–H groups in total. The first-order chi connectivity index (χ1) is 27.4. The Morgan fingerprint density at radius 2 is 1.88 bits per heavy atom. The van der Waals surface area contributed by atoms with Crippen molar-refractivity contribution in [2.75, 3.05) is 32.5 Å². The van der Waals surface area contributed by atoms with Gasteiger partial charge in [-0.1, -0.05) is 66.4 Å². The van der Waals surface area contributed by atoms with Crippen molar-refractivity contribution in [3.63, 3.8) is 0 Å². The molecule has 1 saturated heterocycles. The number of piperidine rings is 1. The van der Waals surface area contributed by atoms with E-state index in [-0.39, 0.29) is 54.2 Å². The normalized spacial score (nSPS) is 17.6. The van der Waals surface area contributed by atoms with Crippen molar-refractivity contribution < 1.29 is 33.5 Å². The number of carbonyl (C=O) groups excluding carboxylic acids is 2. The summed E-state index contributed by atoms with van der Waals surface area (Å²) < 4.78 is 20.7. The van der Waals surface area contributed by atoms with Crippen molar-refractivity contribution >= 4 is 34.8 Å². The van der Waals surface area contributed by atoms with E-state index >= 15 is 0 Å². The number of anilines is 1. The highest BCUT2D eigenvalue weighted by Gasteiger charge is 2.41. The molecule has 6 atom stereocenters. The number of likely N-dealkylation sites (tertiary alicyclic amines) is 1. The van der Waals surface area contributed by atoms with Crippen LogP contribution < -0.4 is 16.5 Å². The molecule has 1 aliphatic rings. The lowest BCUT2D eigenvalue weighted by molar-refractivity contribution is -0.666. The molecule has 326 valence electrons. The molecule has 0 aliphatic carbocycles. The SMILES string of the molecule is CCCCCCN(C(=O)[C@@H](N[N+](=O)[C@H]1CCCCN1C)[C@@H](C)CC)[C@H](C[C@@H](OCC)c1nc(C(=O)N[C@@H](Cc2ccc(N)c(F)c2)CC(C)(C)C(=O)O)cs1)C(C)C. The fraction of sp³-hybridized carbons (Fsp3) is 0.721. The van der Waals surface area contributed by atoms with Crippen LogP contribution in [0.5, 0.6) is 0 Å². The number of unbranched alkanes of at least 4 members (excludes halogenated alkanes) is 3. The second-order valence-electron chi connectivity index (χ2n) is 17.1. The van der Waals surface area contributed by atoms with Crippen LogP contribution in [0, 0.1) is 28.0 Å². The maximum absolute atomic E-state index is 14.8. The Labute approximate surface area is 349 Å². The van der Waals surface area contributed by atoms with Gasteiger partial charge in [-0.3, -0.25) is 14.4 Å². The van der Waals surface area contributed by atoms with E-state index in [1.165, 1.54) is 23.5 Å². The molecule has 0 unspecified atom stereocenters. The highest BCUT2D eigenvalue weighted by atomic mass is 32.1. The molecule has 2 heterocycles. The van der Waals surface area contributed by atoms with Crippen molar-refractivity contribution in [2.45, 2.75) is 156 Å². The molecule has 2 aromatic rings. The smallest absolute Gasteiger partial charge is 0.309 e. The number of hydrogen-bond donors (Lipinski definition) is 4. The highest BCUT2D eigenvalue weighted by molar-refractivity contribution is 7.09. The molecular weight excluding hydrogens is 762 g/mol. The zero-order valence-electron chi connectivity index (χ0n) is 36.4. The number of aromatic nitrogens is 1. The number of nitrogens with two attached hydrogens (primary N) is 1. The van der Waals surface area contributed by atoms with Crippen LogP contribution in [0.4, 0.5) is 10.1 Å². The second kappa shape index (κ2) is 23.2. The van der Waals surface area contributed by atoms with Gasteiger partial charge in [0.2, 0.25) is 0 Å². The van der Waals surface area contributed by atoms with Gasteiger partial charge in [-0.2, -0.15) is 0 Å². The predicted octanol–water partition coefficient (Wildman–Crippen LogP) is 7.75. The fourth-order valence-electron chi connectivity index (χ4n) is 7.64. The van der Waals surface area contributed by atoms with Gasteiger partial charge in [-0.15, -0.1) is 16.8 Å². The van der Waals surface area contributed by atoms with E-state index in [2.05, 4.69) is 31.5 Å². The van der Waals surface area contributed by atoms with Gasteiger partial charge >= 0.3 is 5.97 Å². The molecule has 0 radical (unpaired) electrons. The van der Waals surface area contributed by atoms with Gasteiger partial charge in [0.15, 0.2) is 6.04 Å². The number of nitrogens with zero attached hydrogens (tertiary/aromatic N) is 4. The molecule has 1 aromatic heterocycles. The van der Waals surface area contributed by atoms with Crippen molar-refractivity contribution in [1.29, 1.82) is 0 Å². The number of aliphatic carboxylic acids is 1. The van der Waals surface area contributed by atoms with E-state index in [0.29, 0.717) is 36.6 Å². The number of amides is 2. The third-order valence-corrected chi connectivity index (χ3v) is 12.5. The Kier molecular flexibility index (Phi) is 19.5. The quantitative estimate of drug-likeness (QED) is 0.0336. The van der Waals surface area contributed by atoms with E-state index in [1.807, 2.05) is 37.6 Å². The van der Waals surface area contributed by atoms with Crippen LogP contribution in [0.25, 0.3) is 0 Å². The summed E-state index contributed by atoms with van der Waals surface area (Å²) in [5, 5.41) is 15.1. The molecule has 1 fully saturated rings. The minimum atomic E-state index is -1.18. The molecule has 0 saturated carbocycles.